The van der Waals surface area contributed by atoms with E-state index in [1.165, 1.54) is 35.4 Å². The van der Waals surface area contributed by atoms with Gasteiger partial charge in [-0.1, -0.05) is 42.0 Å². The number of aromatic hydroxyl groups is 2. The molecule has 5 rings (SSSR count). The largest absolute Gasteiger partial charge is 0.504 e. The first-order chi connectivity index (χ1) is 18.7. The van der Waals surface area contributed by atoms with Gasteiger partial charge >= 0.3 is 0 Å². The summed E-state index contributed by atoms with van der Waals surface area (Å²) in [4.78, 5) is 24.9. The van der Waals surface area contributed by atoms with Gasteiger partial charge in [0.05, 0.1) is 11.9 Å². The van der Waals surface area contributed by atoms with Gasteiger partial charge in [0.25, 0.3) is 5.91 Å². The Morgan fingerprint density at radius 1 is 1.10 bits per heavy atom. The summed E-state index contributed by atoms with van der Waals surface area (Å²) in [5.41, 5.74) is 9.23. The van der Waals surface area contributed by atoms with Crippen molar-refractivity contribution < 1.29 is 30.0 Å². The lowest BCUT2D eigenvalue weighted by Crippen LogP contribution is -2.31. The van der Waals surface area contributed by atoms with Gasteiger partial charge in [-0.25, -0.2) is 15.0 Å². The monoisotopic (exact) mass is 532 g/mol. The van der Waals surface area contributed by atoms with Crippen LogP contribution in [-0.4, -0.2) is 70.7 Å². The van der Waals surface area contributed by atoms with Crippen LogP contribution < -0.4 is 11.1 Å². The van der Waals surface area contributed by atoms with E-state index in [9.17, 15) is 25.2 Å². The highest BCUT2D eigenvalue weighted by molar-refractivity contribution is 5.98. The van der Waals surface area contributed by atoms with Crippen LogP contribution in [0.4, 0.5) is 5.82 Å². The summed E-state index contributed by atoms with van der Waals surface area (Å²) in [6.07, 6.45) is 1.83. The molecule has 1 amide bonds. The topological polar surface area (TPSA) is 189 Å². The van der Waals surface area contributed by atoms with Gasteiger partial charge in [0.1, 0.15) is 30.2 Å². The number of nitrogens with zero attached hydrogens (tertiary/aromatic N) is 4. The highest BCUT2D eigenvalue weighted by Crippen LogP contribution is 2.33. The van der Waals surface area contributed by atoms with Crippen LogP contribution >= 0.6 is 0 Å². The van der Waals surface area contributed by atoms with Crippen molar-refractivity contribution in [3.63, 3.8) is 0 Å². The molecule has 0 unspecified atom stereocenters. The minimum atomic E-state index is -1.28. The maximum absolute atomic E-state index is 12.8. The van der Waals surface area contributed by atoms with E-state index >= 15 is 0 Å². The summed E-state index contributed by atoms with van der Waals surface area (Å²) in [5, 5.41) is 44.2. The van der Waals surface area contributed by atoms with E-state index < -0.39 is 36.2 Å². The van der Waals surface area contributed by atoms with E-state index in [0.717, 1.165) is 11.1 Å². The summed E-state index contributed by atoms with van der Waals surface area (Å²) in [7, 11) is 0. The van der Waals surface area contributed by atoms with Crippen LogP contribution in [0.5, 0.6) is 11.5 Å². The Labute approximate surface area is 223 Å². The van der Waals surface area contributed by atoms with Crippen LogP contribution in [-0.2, 0) is 11.2 Å². The third kappa shape index (κ3) is 5.25. The van der Waals surface area contributed by atoms with Gasteiger partial charge in [-0.2, -0.15) is 0 Å². The number of phenolic OH excluding ortho intramolecular Hbond substituents is 2. The Kier molecular flexibility index (Phi) is 7.15. The maximum Gasteiger partial charge on any atom is 0.255 e. The van der Waals surface area contributed by atoms with Gasteiger partial charge in [-0.3, -0.25) is 9.36 Å². The highest BCUT2D eigenvalue weighted by Gasteiger charge is 2.43. The Morgan fingerprint density at radius 3 is 2.64 bits per heavy atom. The molecule has 0 saturated carbocycles. The van der Waals surface area contributed by atoms with Crippen LogP contribution in [0, 0.1) is 6.92 Å². The first-order valence-electron chi connectivity index (χ1n) is 12.2. The smallest absolute Gasteiger partial charge is 0.255 e. The number of aliphatic hydroxyl groups is 2. The van der Waals surface area contributed by atoms with Crippen molar-refractivity contribution in [3.8, 4) is 11.5 Å². The summed E-state index contributed by atoms with van der Waals surface area (Å²) >= 11 is 0. The number of aromatic nitrogens is 4. The minimum absolute atomic E-state index is 0.0341. The van der Waals surface area contributed by atoms with Gasteiger partial charge in [0, 0.05) is 6.54 Å². The lowest BCUT2D eigenvalue weighted by Gasteiger charge is -2.16. The van der Waals surface area contributed by atoms with E-state index in [4.69, 9.17) is 10.5 Å². The van der Waals surface area contributed by atoms with E-state index in [1.54, 1.807) is 6.08 Å². The summed E-state index contributed by atoms with van der Waals surface area (Å²) in [6.45, 7) is 2.02. The zero-order valence-corrected chi connectivity index (χ0v) is 21.0. The molecule has 1 aliphatic rings. The number of phenols is 2. The van der Waals surface area contributed by atoms with Gasteiger partial charge in [-0.05, 0) is 36.6 Å². The number of fused-ring (bicyclic) bond motifs is 1. The fraction of sp³-hybridized carbons (Fsp3) is 0.259. The number of carbonyl (C=O) groups excluding carboxylic acids is 1. The first-order valence-corrected chi connectivity index (χ1v) is 12.2. The van der Waals surface area contributed by atoms with Crippen molar-refractivity contribution in [2.24, 2.45) is 0 Å². The second kappa shape index (κ2) is 10.7. The number of benzene rings is 2. The Balaban J connectivity index is 1.23. The number of amides is 1. The molecule has 0 bridgehead atoms. The number of aliphatic hydroxyl groups excluding tert-OH is 2. The molecular formula is C27H28N6O6. The maximum atomic E-state index is 12.8. The summed E-state index contributed by atoms with van der Waals surface area (Å²) < 4.78 is 7.30. The number of ether oxygens (including phenoxy) is 1. The zero-order valence-electron chi connectivity index (χ0n) is 21.0. The Bertz CT molecular complexity index is 1540. The van der Waals surface area contributed by atoms with Crippen LogP contribution in [0.25, 0.3) is 11.2 Å². The van der Waals surface area contributed by atoms with Gasteiger partial charge < -0.3 is 36.2 Å². The van der Waals surface area contributed by atoms with Gasteiger partial charge in [-0.15, -0.1) is 0 Å². The number of nitrogens with two attached hydrogens (primary N) is 1. The van der Waals surface area contributed by atoms with E-state index in [-0.39, 0.29) is 23.7 Å². The van der Waals surface area contributed by atoms with Crippen molar-refractivity contribution in [1.29, 1.82) is 0 Å². The molecule has 12 nitrogen and oxygen atoms in total. The molecule has 7 N–H and O–H groups in total. The third-order valence-electron chi connectivity index (χ3n) is 6.57. The molecule has 4 aromatic rings. The third-order valence-corrected chi connectivity index (χ3v) is 6.57. The second-order valence-corrected chi connectivity index (χ2v) is 9.37. The second-order valence-electron chi connectivity index (χ2n) is 9.37. The molecule has 1 fully saturated rings. The van der Waals surface area contributed by atoms with Crippen molar-refractivity contribution in [1.82, 2.24) is 24.8 Å². The molecule has 2 aromatic heterocycles. The van der Waals surface area contributed by atoms with Crippen LogP contribution in [0.2, 0.25) is 0 Å². The molecule has 2 aromatic carbocycles. The molecule has 0 radical (unpaired) electrons. The predicted octanol–water partition coefficient (Wildman–Crippen LogP) is 1.32. The van der Waals surface area contributed by atoms with Crippen molar-refractivity contribution in [2.45, 2.75) is 37.9 Å². The molecule has 1 saturated heterocycles. The fourth-order valence-corrected chi connectivity index (χ4v) is 4.47. The number of carbonyl (C=O) groups is 1. The average Bonchev–Trinajstić information content (AvgIpc) is 3.47. The molecule has 12 heteroatoms. The normalized spacial score (nSPS) is 21.1. The molecule has 0 aliphatic carbocycles. The summed E-state index contributed by atoms with van der Waals surface area (Å²) in [5.74, 6) is -1.31. The molecule has 4 atom stereocenters. The molecule has 3 heterocycles. The minimum Gasteiger partial charge on any atom is -0.504 e. The molecule has 0 spiro atoms. The number of aryl methyl sites for hydroxylation is 1. The lowest BCUT2D eigenvalue weighted by molar-refractivity contribution is -0.0245. The van der Waals surface area contributed by atoms with E-state index in [2.05, 4.69) is 20.3 Å². The van der Waals surface area contributed by atoms with E-state index in [0.29, 0.717) is 23.1 Å². The number of imidazole rings is 1. The number of hydrogen-bond acceptors (Lipinski definition) is 10. The molecule has 1 aliphatic heterocycles. The van der Waals surface area contributed by atoms with Crippen LogP contribution in [0.1, 0.15) is 33.3 Å². The van der Waals surface area contributed by atoms with Crippen LogP contribution in [0.3, 0.4) is 0 Å². The number of rotatable bonds is 7. The highest BCUT2D eigenvalue weighted by atomic mass is 16.6. The lowest BCUT2D eigenvalue weighted by atomic mass is 10.0. The predicted molar refractivity (Wildman–Crippen MR) is 141 cm³/mol. The van der Waals surface area contributed by atoms with Crippen LogP contribution in [0.15, 0.2) is 61.2 Å². The molecule has 202 valence electrons. The van der Waals surface area contributed by atoms with Crippen molar-refractivity contribution in [3.05, 3.63) is 83.5 Å². The Hall–Kier alpha value is -4.52. The number of nitrogens with one attached hydrogen (secondary N) is 1. The van der Waals surface area contributed by atoms with E-state index in [1.807, 2.05) is 31.2 Å². The SMILES string of the molecule is Cc1ccc(Cc2cc(O)c(O)c(C(=O)NC/C=C/[C@H]3O[C@@H](n4cnc5c(N)ncnc54)[C@H](O)[C@@H]3O)c2)cc1. The summed E-state index contributed by atoms with van der Waals surface area (Å²) in [6, 6.07) is 10.8. The van der Waals surface area contributed by atoms with Crippen molar-refractivity contribution in [2.75, 3.05) is 12.3 Å². The van der Waals surface area contributed by atoms with Gasteiger partial charge in [0.2, 0.25) is 0 Å². The molecule has 39 heavy (non-hydrogen) atoms. The first kappa shape index (κ1) is 26.1. The number of nitrogen functional groups attached to an aromatic ring is 1. The average molecular weight is 533 g/mol. The van der Waals surface area contributed by atoms with Gasteiger partial charge in [0.15, 0.2) is 29.2 Å². The Morgan fingerprint density at radius 2 is 1.87 bits per heavy atom. The number of anilines is 1. The zero-order chi connectivity index (χ0) is 27.7. The van der Waals surface area contributed by atoms with Crippen molar-refractivity contribution >= 4 is 22.9 Å². The fourth-order valence-electron chi connectivity index (χ4n) is 4.47. The molecular weight excluding hydrogens is 504 g/mol. The number of hydrogen-bond donors (Lipinski definition) is 6. The quantitative estimate of drug-likeness (QED) is 0.150. The standard InChI is InChI=1S/C27H28N6O6/c1-14-4-6-15(7-5-14)9-16-10-17(21(35)18(34)11-16)26(38)29-8-2-3-19-22(36)23(37)27(39-19)33-13-32-20-24(28)30-12-31-25(20)33/h2-7,10-13,19,22-23,27,34-37H,8-9H2,1H3,(H,29,38)(H2,28,30,31)/b3-2+/t19-,22-,23-,27-/m1/s1.